The standard InChI is InChI=1S/C32H43N2O9P/c1-19(2)17-21-18-25(30(37)40-6)34(31(38)43-32(3,4)5)29(44(39,41-7)42-8)22(21)15-16-33-27(35)23-13-9-11-20-12-10-14-24(26(20)23)28(33)36/h9-14,19,21-22,25,29H,15-18H2,1-8H3/t21-,22+,25+,29+/m0/s1. The molecule has 2 aliphatic rings. The number of carbonyl (C=O) groups is 4. The molecule has 1 fully saturated rings. The van der Waals surface area contributed by atoms with Crippen molar-refractivity contribution >= 4 is 42.2 Å². The second-order valence-electron chi connectivity index (χ2n) is 12.8. The van der Waals surface area contributed by atoms with Gasteiger partial charge in [0.15, 0.2) is 0 Å². The first-order valence-electron chi connectivity index (χ1n) is 14.9. The lowest BCUT2D eigenvalue weighted by Gasteiger charge is -2.50. The minimum absolute atomic E-state index is 0.0172. The van der Waals surface area contributed by atoms with Crippen LogP contribution in [0.5, 0.6) is 0 Å². The van der Waals surface area contributed by atoms with Gasteiger partial charge in [-0.15, -0.1) is 0 Å². The molecule has 0 bridgehead atoms. The second-order valence-corrected chi connectivity index (χ2v) is 15.1. The van der Waals surface area contributed by atoms with Crippen molar-refractivity contribution in [2.45, 2.75) is 71.3 Å². The fraction of sp³-hybridized carbons (Fsp3) is 0.562. The highest BCUT2D eigenvalue weighted by molar-refractivity contribution is 7.54. The van der Waals surface area contributed by atoms with Crippen molar-refractivity contribution in [3.63, 3.8) is 0 Å². The predicted molar refractivity (Wildman–Crippen MR) is 164 cm³/mol. The van der Waals surface area contributed by atoms with E-state index in [0.29, 0.717) is 22.9 Å². The van der Waals surface area contributed by atoms with Crippen molar-refractivity contribution in [1.82, 2.24) is 9.80 Å². The van der Waals surface area contributed by atoms with Crippen molar-refractivity contribution in [3.05, 3.63) is 47.5 Å². The Morgan fingerprint density at radius 2 is 1.55 bits per heavy atom. The minimum Gasteiger partial charge on any atom is -0.467 e. The van der Waals surface area contributed by atoms with Crippen molar-refractivity contribution < 1.29 is 42.3 Å². The fourth-order valence-electron chi connectivity index (χ4n) is 6.61. The first kappa shape index (κ1) is 33.6. The van der Waals surface area contributed by atoms with E-state index in [1.807, 2.05) is 26.0 Å². The van der Waals surface area contributed by atoms with Crippen LogP contribution in [0.3, 0.4) is 0 Å². The number of carbonyl (C=O) groups excluding carboxylic acids is 4. The van der Waals surface area contributed by atoms with Gasteiger partial charge in [0.25, 0.3) is 11.8 Å². The summed E-state index contributed by atoms with van der Waals surface area (Å²) >= 11 is 0. The van der Waals surface area contributed by atoms with E-state index in [2.05, 4.69) is 0 Å². The third-order valence-electron chi connectivity index (χ3n) is 8.36. The Kier molecular flexibility index (Phi) is 9.93. The predicted octanol–water partition coefficient (Wildman–Crippen LogP) is 6.10. The van der Waals surface area contributed by atoms with Gasteiger partial charge in [-0.25, -0.2) is 9.59 Å². The summed E-state index contributed by atoms with van der Waals surface area (Å²) < 4.78 is 36.1. The summed E-state index contributed by atoms with van der Waals surface area (Å²) in [5.41, 5.74) is -0.0768. The Hall–Kier alpha value is -3.27. The van der Waals surface area contributed by atoms with Gasteiger partial charge in [0.1, 0.15) is 17.4 Å². The average Bonchev–Trinajstić information content (AvgIpc) is 2.97. The smallest absolute Gasteiger partial charge is 0.411 e. The second kappa shape index (κ2) is 13.0. The molecular weight excluding hydrogens is 587 g/mol. The lowest BCUT2D eigenvalue weighted by atomic mass is 9.75. The van der Waals surface area contributed by atoms with Crippen molar-refractivity contribution in [1.29, 1.82) is 0 Å². The van der Waals surface area contributed by atoms with Crippen molar-refractivity contribution in [2.24, 2.45) is 17.8 Å². The van der Waals surface area contributed by atoms with Gasteiger partial charge in [-0.3, -0.25) is 24.0 Å². The van der Waals surface area contributed by atoms with Gasteiger partial charge < -0.3 is 18.5 Å². The Labute approximate surface area is 258 Å². The number of hydrogen-bond acceptors (Lipinski definition) is 9. The van der Waals surface area contributed by atoms with E-state index in [9.17, 15) is 23.7 Å². The van der Waals surface area contributed by atoms with Crippen LogP contribution in [0.1, 0.15) is 74.6 Å². The quantitative estimate of drug-likeness (QED) is 0.183. The molecule has 0 saturated carbocycles. The van der Waals surface area contributed by atoms with Crippen LogP contribution in [0, 0.1) is 17.8 Å². The molecule has 1 saturated heterocycles. The Morgan fingerprint density at radius 3 is 2.02 bits per heavy atom. The lowest BCUT2D eigenvalue weighted by Crippen LogP contribution is -2.60. The molecule has 0 spiro atoms. The van der Waals surface area contributed by atoms with E-state index >= 15 is 0 Å². The van der Waals surface area contributed by atoms with Crippen LogP contribution >= 0.6 is 7.60 Å². The molecule has 240 valence electrons. The van der Waals surface area contributed by atoms with E-state index in [0.717, 1.165) is 10.3 Å². The van der Waals surface area contributed by atoms with E-state index < -0.39 is 54.8 Å². The van der Waals surface area contributed by atoms with Crippen LogP contribution in [-0.4, -0.2) is 79.0 Å². The summed E-state index contributed by atoms with van der Waals surface area (Å²) in [5.74, 6) is -3.51. The van der Waals surface area contributed by atoms with Crippen LogP contribution in [0.4, 0.5) is 4.79 Å². The number of likely N-dealkylation sites (tertiary alicyclic amines) is 1. The first-order valence-corrected chi connectivity index (χ1v) is 16.5. The molecule has 2 aliphatic heterocycles. The summed E-state index contributed by atoms with van der Waals surface area (Å²) in [4.78, 5) is 56.7. The number of hydrogen-bond donors (Lipinski definition) is 0. The van der Waals surface area contributed by atoms with Gasteiger partial charge >= 0.3 is 19.7 Å². The third-order valence-corrected chi connectivity index (χ3v) is 10.7. The molecule has 4 rings (SSSR count). The summed E-state index contributed by atoms with van der Waals surface area (Å²) in [6.45, 7) is 9.11. The summed E-state index contributed by atoms with van der Waals surface area (Å²) in [7, 11) is -0.438. The number of rotatable bonds is 9. The number of imide groups is 1. The van der Waals surface area contributed by atoms with Crippen LogP contribution in [0.15, 0.2) is 36.4 Å². The van der Waals surface area contributed by atoms with Gasteiger partial charge in [-0.05, 0) is 75.3 Å². The number of esters is 1. The number of benzene rings is 2. The van der Waals surface area contributed by atoms with E-state index in [4.69, 9.17) is 18.5 Å². The summed E-state index contributed by atoms with van der Waals surface area (Å²) in [5, 5.41) is 1.42. The number of amides is 3. The van der Waals surface area contributed by atoms with E-state index in [1.54, 1.807) is 45.0 Å². The molecule has 11 nitrogen and oxygen atoms in total. The lowest BCUT2D eigenvalue weighted by molar-refractivity contribution is -0.151. The highest BCUT2D eigenvalue weighted by atomic mass is 31.2. The van der Waals surface area contributed by atoms with E-state index in [-0.39, 0.29) is 31.2 Å². The molecule has 2 aromatic rings. The highest BCUT2D eigenvalue weighted by Gasteiger charge is 2.57. The zero-order valence-corrected chi connectivity index (χ0v) is 27.6. The average molecular weight is 631 g/mol. The number of piperidine rings is 1. The Balaban J connectivity index is 1.80. The fourth-order valence-corrected chi connectivity index (χ4v) is 8.61. The molecule has 12 heteroatoms. The third kappa shape index (κ3) is 6.41. The molecule has 0 aliphatic carbocycles. The molecule has 0 unspecified atom stereocenters. The minimum atomic E-state index is -4.12. The van der Waals surface area contributed by atoms with E-state index in [1.165, 1.54) is 26.2 Å². The van der Waals surface area contributed by atoms with Gasteiger partial charge in [-0.2, -0.15) is 0 Å². The van der Waals surface area contributed by atoms with Crippen LogP contribution in [0.2, 0.25) is 0 Å². The van der Waals surface area contributed by atoms with Gasteiger partial charge in [0.2, 0.25) is 0 Å². The largest absolute Gasteiger partial charge is 0.467 e. The molecule has 2 heterocycles. The Morgan fingerprint density at radius 1 is 0.977 bits per heavy atom. The topological polar surface area (TPSA) is 129 Å². The molecular formula is C32H43N2O9P. The first-order chi connectivity index (χ1) is 20.7. The normalized spacial score (nSPS) is 22.5. The van der Waals surface area contributed by atoms with Gasteiger partial charge in [0, 0.05) is 37.3 Å². The summed E-state index contributed by atoms with van der Waals surface area (Å²) in [6.07, 6.45) is 0.101. The van der Waals surface area contributed by atoms with Gasteiger partial charge in [-0.1, -0.05) is 38.1 Å². The zero-order chi connectivity index (χ0) is 32.6. The van der Waals surface area contributed by atoms with Crippen molar-refractivity contribution in [3.8, 4) is 0 Å². The molecule has 44 heavy (non-hydrogen) atoms. The van der Waals surface area contributed by atoms with Crippen LogP contribution < -0.4 is 0 Å². The van der Waals surface area contributed by atoms with Crippen molar-refractivity contribution in [2.75, 3.05) is 27.9 Å². The SMILES string of the molecule is COC(=O)[C@H]1C[C@H](CC(C)C)[C@@H](CCN2C(=O)c3cccc4cccc(c34)C2=O)[C@@H](P(=O)(OC)OC)N1C(=O)OC(C)(C)C. The maximum atomic E-state index is 14.4. The molecule has 0 radical (unpaired) electrons. The number of methoxy groups -OCH3 is 1. The summed E-state index contributed by atoms with van der Waals surface area (Å²) in [6, 6.07) is 9.56. The zero-order valence-electron chi connectivity index (χ0n) is 26.7. The van der Waals surface area contributed by atoms with Gasteiger partial charge in [0.05, 0.1) is 7.11 Å². The molecule has 0 N–H and O–H groups in total. The maximum absolute atomic E-state index is 14.4. The van der Waals surface area contributed by atoms with Crippen LogP contribution in [0.25, 0.3) is 10.8 Å². The maximum Gasteiger partial charge on any atom is 0.411 e. The van der Waals surface area contributed by atoms with Crippen LogP contribution in [-0.2, 0) is 27.9 Å². The number of ether oxygens (including phenoxy) is 2. The molecule has 2 aromatic carbocycles. The molecule has 3 amide bonds. The monoisotopic (exact) mass is 630 g/mol. The Bertz CT molecular complexity index is 1430. The molecule has 0 aromatic heterocycles. The number of nitrogens with zero attached hydrogens (tertiary/aromatic N) is 2. The highest BCUT2D eigenvalue weighted by Crippen LogP contribution is 2.60. The molecule has 4 atom stereocenters.